The lowest BCUT2D eigenvalue weighted by Crippen LogP contribution is -2.58. The van der Waals surface area contributed by atoms with E-state index in [1.807, 2.05) is 6.07 Å². The number of ether oxygens (including phenoxy) is 4. The van der Waals surface area contributed by atoms with Gasteiger partial charge in [-0.1, -0.05) is 53.1 Å². The van der Waals surface area contributed by atoms with Crippen LogP contribution in [0.4, 0.5) is 0 Å². The zero-order chi connectivity index (χ0) is 26.1. The number of aliphatic hydroxyl groups is 1. The molecule has 1 N–H and O–H groups in total. The molecule has 5 nitrogen and oxygen atoms in total. The predicted octanol–water partition coefficient (Wildman–Crippen LogP) is 6.72. The Morgan fingerprint density at radius 1 is 0.971 bits per heavy atom. The van der Waals surface area contributed by atoms with Gasteiger partial charge < -0.3 is 24.1 Å². The highest BCUT2D eigenvalue weighted by Crippen LogP contribution is 2.53. The van der Waals surface area contributed by atoms with Crippen molar-refractivity contribution in [2.45, 2.75) is 110 Å². The first kappa shape index (κ1) is 28.7. The minimum absolute atomic E-state index is 0.196. The van der Waals surface area contributed by atoms with Crippen molar-refractivity contribution in [2.75, 3.05) is 20.0 Å². The highest BCUT2D eigenvalue weighted by molar-refractivity contribution is 6.76. The SMILES string of the molecule is CC1(C)[C@H](O)CC[C@@]2(C)Oc3cc(OCOCC[Si](C)(C)C)c(COCC[Si](C)(C)C)cc3C[C@H]12. The van der Waals surface area contributed by atoms with Crippen molar-refractivity contribution in [1.29, 1.82) is 0 Å². The average Bonchev–Trinajstić information content (AvgIpc) is 2.72. The second-order valence-electron chi connectivity index (χ2n) is 14.0. The first-order valence-corrected chi connectivity index (χ1v) is 20.8. The highest BCUT2D eigenvalue weighted by Gasteiger charge is 2.54. The maximum atomic E-state index is 10.7. The monoisotopic (exact) mass is 522 g/mol. The zero-order valence-corrected chi connectivity index (χ0v) is 25.8. The van der Waals surface area contributed by atoms with Crippen LogP contribution in [0, 0.1) is 11.3 Å². The van der Waals surface area contributed by atoms with Gasteiger partial charge in [0.15, 0.2) is 6.79 Å². The maximum Gasteiger partial charge on any atom is 0.189 e. The van der Waals surface area contributed by atoms with E-state index < -0.39 is 16.1 Å². The summed E-state index contributed by atoms with van der Waals surface area (Å²) < 4.78 is 24.8. The van der Waals surface area contributed by atoms with E-state index in [4.69, 9.17) is 18.9 Å². The summed E-state index contributed by atoms with van der Waals surface area (Å²) in [5.41, 5.74) is 1.76. The molecule has 0 unspecified atom stereocenters. The number of fused-ring (bicyclic) bond motifs is 2. The van der Waals surface area contributed by atoms with Crippen molar-refractivity contribution in [2.24, 2.45) is 11.3 Å². The van der Waals surface area contributed by atoms with Crippen LogP contribution in [0.1, 0.15) is 44.7 Å². The Kier molecular flexibility index (Phi) is 8.90. The molecule has 0 saturated heterocycles. The van der Waals surface area contributed by atoms with Gasteiger partial charge in [-0.2, -0.15) is 0 Å². The van der Waals surface area contributed by atoms with Crippen LogP contribution in [0.3, 0.4) is 0 Å². The van der Waals surface area contributed by atoms with Crippen LogP contribution < -0.4 is 9.47 Å². The van der Waals surface area contributed by atoms with E-state index in [0.29, 0.717) is 6.61 Å². The van der Waals surface area contributed by atoms with Crippen LogP contribution in [0.2, 0.25) is 51.4 Å². The summed E-state index contributed by atoms with van der Waals surface area (Å²) in [7, 11) is -2.28. The summed E-state index contributed by atoms with van der Waals surface area (Å²) >= 11 is 0. The quantitative estimate of drug-likeness (QED) is 0.198. The summed E-state index contributed by atoms with van der Waals surface area (Å²) in [6.45, 7) is 23.0. The summed E-state index contributed by atoms with van der Waals surface area (Å²) in [5.74, 6) is 1.95. The minimum atomic E-state index is -1.15. The second-order valence-corrected chi connectivity index (χ2v) is 25.2. The molecule has 0 radical (unpaired) electrons. The molecule has 200 valence electrons. The Balaban J connectivity index is 1.78. The van der Waals surface area contributed by atoms with E-state index in [-0.39, 0.29) is 29.8 Å². The number of benzene rings is 1. The molecule has 3 atom stereocenters. The van der Waals surface area contributed by atoms with E-state index in [9.17, 15) is 5.11 Å². The minimum Gasteiger partial charge on any atom is -0.487 e. The third-order valence-corrected chi connectivity index (χ3v) is 11.4. The lowest BCUT2D eigenvalue weighted by atomic mass is 9.57. The Morgan fingerprint density at radius 2 is 1.60 bits per heavy atom. The van der Waals surface area contributed by atoms with E-state index in [1.54, 1.807) is 0 Å². The maximum absolute atomic E-state index is 10.7. The fourth-order valence-electron chi connectivity index (χ4n) is 5.32. The van der Waals surface area contributed by atoms with Crippen molar-refractivity contribution in [3.05, 3.63) is 23.3 Å². The summed E-state index contributed by atoms with van der Waals surface area (Å²) in [6, 6.07) is 6.52. The largest absolute Gasteiger partial charge is 0.487 e. The Bertz CT molecular complexity index is 858. The highest BCUT2D eigenvalue weighted by atomic mass is 28.3. The van der Waals surface area contributed by atoms with Crippen LogP contribution in [-0.4, -0.2) is 53.0 Å². The van der Waals surface area contributed by atoms with Crippen LogP contribution in [0.15, 0.2) is 12.1 Å². The molecule has 1 aliphatic carbocycles. The first-order chi connectivity index (χ1) is 16.1. The van der Waals surface area contributed by atoms with Gasteiger partial charge in [-0.3, -0.25) is 0 Å². The van der Waals surface area contributed by atoms with Crippen molar-refractivity contribution < 1.29 is 24.1 Å². The molecule has 0 spiro atoms. The smallest absolute Gasteiger partial charge is 0.189 e. The Hall–Kier alpha value is -0.866. The molecule has 1 saturated carbocycles. The molecule has 0 aromatic heterocycles. The molecule has 0 amide bonds. The third-order valence-electron chi connectivity index (χ3n) is 7.97. The van der Waals surface area contributed by atoms with Crippen LogP contribution in [0.5, 0.6) is 11.5 Å². The fourth-order valence-corrected chi connectivity index (χ4v) is 6.84. The molecular weight excluding hydrogens is 472 g/mol. The van der Waals surface area contributed by atoms with Crippen molar-refractivity contribution in [1.82, 2.24) is 0 Å². The van der Waals surface area contributed by atoms with Gasteiger partial charge in [0.05, 0.1) is 12.7 Å². The lowest BCUT2D eigenvalue weighted by molar-refractivity contribution is -0.137. The number of hydrogen-bond donors (Lipinski definition) is 1. The van der Waals surface area contributed by atoms with E-state index >= 15 is 0 Å². The van der Waals surface area contributed by atoms with Gasteiger partial charge in [0.1, 0.15) is 17.1 Å². The number of hydrogen-bond acceptors (Lipinski definition) is 5. The van der Waals surface area contributed by atoms with Gasteiger partial charge >= 0.3 is 0 Å². The zero-order valence-electron chi connectivity index (χ0n) is 23.8. The van der Waals surface area contributed by atoms with Crippen molar-refractivity contribution >= 4 is 16.1 Å². The molecule has 1 heterocycles. The van der Waals surface area contributed by atoms with Crippen molar-refractivity contribution in [3.63, 3.8) is 0 Å². The normalized spacial score (nSPS) is 26.0. The van der Waals surface area contributed by atoms with Gasteiger partial charge in [-0.15, -0.1) is 0 Å². The molecule has 1 fully saturated rings. The molecule has 35 heavy (non-hydrogen) atoms. The van der Waals surface area contributed by atoms with Gasteiger partial charge in [0, 0.05) is 46.9 Å². The van der Waals surface area contributed by atoms with E-state index in [0.717, 1.165) is 61.6 Å². The van der Waals surface area contributed by atoms with E-state index in [1.165, 1.54) is 5.56 Å². The topological polar surface area (TPSA) is 57.2 Å². The van der Waals surface area contributed by atoms with Gasteiger partial charge in [0.25, 0.3) is 0 Å². The molecule has 1 aliphatic heterocycles. The van der Waals surface area contributed by atoms with Crippen LogP contribution in [-0.2, 0) is 22.5 Å². The molecule has 1 aromatic carbocycles. The van der Waals surface area contributed by atoms with E-state index in [2.05, 4.69) is 66.1 Å². The third kappa shape index (κ3) is 7.57. The average molecular weight is 523 g/mol. The molecule has 3 rings (SSSR count). The molecule has 1 aromatic rings. The Labute approximate surface area is 215 Å². The summed E-state index contributed by atoms with van der Waals surface area (Å²) in [4.78, 5) is 0. The molecule has 2 aliphatic rings. The Morgan fingerprint density at radius 3 is 2.23 bits per heavy atom. The standard InChI is InChI=1S/C28H50O5Si2/c1-27(2)25-17-21-16-22(19-30-12-14-34(4,5)6)23(32-20-31-13-15-35(7,8)9)18-24(21)33-28(25,3)11-10-26(27)29/h16,18,25-26,29H,10-15,17,19-20H2,1-9H3/t25-,26-,28-/m1/s1. The van der Waals surface area contributed by atoms with Crippen LogP contribution >= 0.6 is 0 Å². The summed E-state index contributed by atoms with van der Waals surface area (Å²) in [5, 5.41) is 10.7. The first-order valence-electron chi connectivity index (χ1n) is 13.4. The summed E-state index contributed by atoms with van der Waals surface area (Å²) in [6.07, 6.45) is 2.22. The van der Waals surface area contributed by atoms with Crippen molar-refractivity contribution in [3.8, 4) is 11.5 Å². The molecule has 7 heteroatoms. The molecular formula is C28H50O5Si2. The predicted molar refractivity (Wildman–Crippen MR) is 149 cm³/mol. The molecule has 0 bridgehead atoms. The van der Waals surface area contributed by atoms with Gasteiger partial charge in [-0.25, -0.2) is 0 Å². The number of rotatable bonds is 11. The lowest BCUT2D eigenvalue weighted by Gasteiger charge is -2.55. The van der Waals surface area contributed by atoms with Gasteiger partial charge in [0.2, 0.25) is 0 Å². The fraction of sp³-hybridized carbons (Fsp3) is 0.786. The van der Waals surface area contributed by atoms with Crippen LogP contribution in [0.25, 0.3) is 0 Å². The number of aliphatic hydroxyl groups excluding tert-OH is 1. The van der Waals surface area contributed by atoms with Gasteiger partial charge in [-0.05, 0) is 55.3 Å². The second kappa shape index (κ2) is 10.9.